The molecule has 3 aromatic rings. The summed E-state index contributed by atoms with van der Waals surface area (Å²) in [7, 11) is -1.97. The van der Waals surface area contributed by atoms with Crippen molar-refractivity contribution < 1.29 is 22.7 Å². The Bertz CT molecular complexity index is 1180. The maximum Gasteiger partial charge on any atom is 0.251 e. The predicted octanol–water partition coefficient (Wildman–Crippen LogP) is 4.12. The van der Waals surface area contributed by atoms with Crippen LogP contribution >= 0.6 is 11.6 Å². The lowest BCUT2D eigenvalue weighted by atomic mass is 10.1. The minimum atomic E-state index is -3.56. The molecule has 174 valence electrons. The Hall–Kier alpha value is -3.23. The monoisotopic (exact) mass is 488 g/mol. The Morgan fingerprint density at radius 1 is 0.970 bits per heavy atom. The number of carbonyl (C=O) groups excluding carboxylic acids is 1. The molecular weight excluding hydrogens is 464 g/mol. The lowest BCUT2D eigenvalue weighted by molar-refractivity contribution is 0.0947. The van der Waals surface area contributed by atoms with Gasteiger partial charge in [-0.2, -0.15) is 0 Å². The Morgan fingerprint density at radius 3 is 2.21 bits per heavy atom. The summed E-state index contributed by atoms with van der Waals surface area (Å²) in [5.74, 6) is 1.13. The molecule has 0 atom stereocenters. The van der Waals surface area contributed by atoms with Gasteiger partial charge in [-0.25, -0.2) is 8.42 Å². The molecular formula is C24H25ClN2O5S. The molecule has 0 heterocycles. The number of ether oxygens (including phenoxy) is 2. The summed E-state index contributed by atoms with van der Waals surface area (Å²) in [6, 6.07) is 20.6. The average Bonchev–Trinajstić information content (AvgIpc) is 2.81. The van der Waals surface area contributed by atoms with Crippen LogP contribution in [0.2, 0.25) is 5.02 Å². The number of hydrogen-bond donors (Lipinski definition) is 1. The molecule has 0 radical (unpaired) electrons. The summed E-state index contributed by atoms with van der Waals surface area (Å²) in [5, 5.41) is 3.27. The number of anilines is 1. The maximum absolute atomic E-state index is 12.4. The molecule has 9 heteroatoms. The molecule has 1 N–H and O–H groups in total. The standard InChI is InChI=1S/C24H25ClN2O5S/c1-31-21-11-13-22(14-12-21)32-16-15-26-24(28)18-7-9-20(10-8-18)27(33(2,29)30)17-19-5-3-4-6-23(19)25/h3-14H,15-17H2,1-2H3,(H,26,28). The fourth-order valence-electron chi connectivity index (χ4n) is 3.07. The van der Waals surface area contributed by atoms with Crippen molar-refractivity contribution in [1.82, 2.24) is 5.32 Å². The summed E-state index contributed by atoms with van der Waals surface area (Å²) < 4.78 is 36.7. The zero-order valence-corrected chi connectivity index (χ0v) is 19.9. The van der Waals surface area contributed by atoms with Crippen LogP contribution < -0.4 is 19.1 Å². The van der Waals surface area contributed by atoms with Crippen LogP contribution in [0.25, 0.3) is 0 Å². The lowest BCUT2D eigenvalue weighted by Crippen LogP contribution is -2.30. The Kier molecular flexibility index (Phi) is 8.19. The third kappa shape index (κ3) is 6.87. The van der Waals surface area contributed by atoms with Gasteiger partial charge in [0.2, 0.25) is 10.0 Å². The third-order valence-electron chi connectivity index (χ3n) is 4.81. The number of methoxy groups -OCH3 is 1. The molecule has 3 rings (SSSR count). The van der Waals surface area contributed by atoms with Crippen molar-refractivity contribution in [3.63, 3.8) is 0 Å². The first-order valence-electron chi connectivity index (χ1n) is 10.1. The van der Waals surface area contributed by atoms with Gasteiger partial charge in [0.05, 0.1) is 32.1 Å². The van der Waals surface area contributed by atoms with E-state index in [1.165, 1.54) is 4.31 Å². The van der Waals surface area contributed by atoms with E-state index in [9.17, 15) is 13.2 Å². The van der Waals surface area contributed by atoms with Crippen LogP contribution in [-0.4, -0.2) is 40.8 Å². The van der Waals surface area contributed by atoms with Gasteiger partial charge in [0.1, 0.15) is 18.1 Å². The Balaban J connectivity index is 1.59. The van der Waals surface area contributed by atoms with Gasteiger partial charge in [-0.15, -0.1) is 0 Å². The maximum atomic E-state index is 12.4. The fourth-order valence-corrected chi connectivity index (χ4v) is 4.14. The minimum absolute atomic E-state index is 0.0900. The van der Waals surface area contributed by atoms with E-state index >= 15 is 0 Å². The number of carbonyl (C=O) groups is 1. The van der Waals surface area contributed by atoms with Gasteiger partial charge < -0.3 is 14.8 Å². The van der Waals surface area contributed by atoms with E-state index in [1.54, 1.807) is 79.9 Å². The molecule has 0 fully saturated rings. The average molecular weight is 489 g/mol. The van der Waals surface area contributed by atoms with Crippen LogP contribution in [0, 0.1) is 0 Å². The zero-order valence-electron chi connectivity index (χ0n) is 18.3. The van der Waals surface area contributed by atoms with E-state index in [0.29, 0.717) is 40.7 Å². The van der Waals surface area contributed by atoms with Gasteiger partial charge >= 0.3 is 0 Å². The second-order valence-corrected chi connectivity index (χ2v) is 9.50. The number of hydrogen-bond acceptors (Lipinski definition) is 5. The van der Waals surface area contributed by atoms with E-state index in [-0.39, 0.29) is 12.5 Å². The van der Waals surface area contributed by atoms with E-state index < -0.39 is 10.0 Å². The van der Waals surface area contributed by atoms with Crippen LogP contribution in [0.4, 0.5) is 5.69 Å². The molecule has 0 bridgehead atoms. The number of rotatable bonds is 10. The van der Waals surface area contributed by atoms with Crippen molar-refractivity contribution in [2.75, 3.05) is 30.8 Å². The summed E-state index contributed by atoms with van der Waals surface area (Å²) in [5.41, 5.74) is 1.54. The molecule has 7 nitrogen and oxygen atoms in total. The summed E-state index contributed by atoms with van der Waals surface area (Å²) in [6.45, 7) is 0.706. The Morgan fingerprint density at radius 2 is 1.61 bits per heavy atom. The SMILES string of the molecule is COc1ccc(OCCNC(=O)c2ccc(N(Cc3ccccc3Cl)S(C)(=O)=O)cc2)cc1. The fraction of sp³-hybridized carbons (Fsp3) is 0.208. The van der Waals surface area contributed by atoms with Gasteiger partial charge in [-0.3, -0.25) is 9.10 Å². The molecule has 0 aliphatic carbocycles. The van der Waals surface area contributed by atoms with Crippen LogP contribution in [0.1, 0.15) is 15.9 Å². The number of halogens is 1. The normalized spacial score (nSPS) is 11.0. The molecule has 0 aliphatic heterocycles. The lowest BCUT2D eigenvalue weighted by Gasteiger charge is -2.23. The number of sulfonamides is 1. The van der Waals surface area contributed by atoms with Crippen molar-refractivity contribution in [1.29, 1.82) is 0 Å². The number of nitrogens with one attached hydrogen (secondary N) is 1. The van der Waals surface area contributed by atoms with E-state index in [1.807, 2.05) is 0 Å². The summed E-state index contributed by atoms with van der Waals surface area (Å²) in [4.78, 5) is 12.4. The molecule has 0 unspecified atom stereocenters. The van der Waals surface area contributed by atoms with Gasteiger partial charge in [0, 0.05) is 10.6 Å². The molecule has 0 aliphatic rings. The van der Waals surface area contributed by atoms with Gasteiger partial charge in [0.15, 0.2) is 0 Å². The van der Waals surface area contributed by atoms with E-state index in [2.05, 4.69) is 5.32 Å². The van der Waals surface area contributed by atoms with Crippen LogP contribution in [0.5, 0.6) is 11.5 Å². The minimum Gasteiger partial charge on any atom is -0.497 e. The van der Waals surface area contributed by atoms with Crippen molar-refractivity contribution in [2.45, 2.75) is 6.54 Å². The van der Waals surface area contributed by atoms with Gasteiger partial charge in [-0.05, 0) is 60.2 Å². The second kappa shape index (κ2) is 11.1. The van der Waals surface area contributed by atoms with Gasteiger partial charge in [-0.1, -0.05) is 29.8 Å². The summed E-state index contributed by atoms with van der Waals surface area (Å²) in [6.07, 6.45) is 1.13. The largest absolute Gasteiger partial charge is 0.497 e. The molecule has 0 saturated heterocycles. The topological polar surface area (TPSA) is 84.9 Å². The zero-order chi connectivity index (χ0) is 23.8. The van der Waals surface area contributed by atoms with Crippen molar-refractivity contribution in [2.24, 2.45) is 0 Å². The first-order chi connectivity index (χ1) is 15.8. The van der Waals surface area contributed by atoms with E-state index in [0.717, 1.165) is 12.0 Å². The first-order valence-corrected chi connectivity index (χ1v) is 12.4. The molecule has 33 heavy (non-hydrogen) atoms. The number of nitrogens with zero attached hydrogens (tertiary/aromatic N) is 1. The number of amides is 1. The predicted molar refractivity (Wildman–Crippen MR) is 130 cm³/mol. The van der Waals surface area contributed by atoms with Crippen LogP contribution in [0.15, 0.2) is 72.8 Å². The first kappa shape index (κ1) is 24.4. The molecule has 0 spiro atoms. The summed E-state index contributed by atoms with van der Waals surface area (Å²) >= 11 is 6.20. The molecule has 1 amide bonds. The highest BCUT2D eigenvalue weighted by molar-refractivity contribution is 7.92. The highest BCUT2D eigenvalue weighted by Crippen LogP contribution is 2.24. The molecule has 0 aromatic heterocycles. The number of benzene rings is 3. The van der Waals surface area contributed by atoms with Crippen LogP contribution in [-0.2, 0) is 16.6 Å². The highest BCUT2D eigenvalue weighted by atomic mass is 35.5. The second-order valence-electron chi connectivity index (χ2n) is 7.19. The van der Waals surface area contributed by atoms with Gasteiger partial charge in [0.25, 0.3) is 5.91 Å². The quantitative estimate of drug-likeness (QED) is 0.434. The third-order valence-corrected chi connectivity index (χ3v) is 6.31. The van der Waals surface area contributed by atoms with Crippen molar-refractivity contribution in [3.05, 3.63) is 88.9 Å². The van der Waals surface area contributed by atoms with E-state index in [4.69, 9.17) is 21.1 Å². The molecule has 3 aromatic carbocycles. The highest BCUT2D eigenvalue weighted by Gasteiger charge is 2.19. The van der Waals surface area contributed by atoms with Crippen LogP contribution in [0.3, 0.4) is 0 Å². The Labute approximate surface area is 198 Å². The van der Waals surface area contributed by atoms with Crippen molar-refractivity contribution in [3.8, 4) is 11.5 Å². The molecule has 0 saturated carbocycles. The smallest absolute Gasteiger partial charge is 0.251 e. The van der Waals surface area contributed by atoms with Crippen molar-refractivity contribution >= 4 is 33.2 Å².